The van der Waals surface area contributed by atoms with Crippen molar-refractivity contribution in [3.05, 3.63) is 70.8 Å². The summed E-state index contributed by atoms with van der Waals surface area (Å²) in [6.07, 6.45) is 0. The highest BCUT2D eigenvalue weighted by Gasteiger charge is 2.46. The third kappa shape index (κ3) is 5.76. The molecule has 0 bridgehead atoms. The minimum absolute atomic E-state index is 0.0224. The molecule has 1 fully saturated rings. The Morgan fingerprint density at radius 3 is 2.09 bits per heavy atom. The van der Waals surface area contributed by atoms with E-state index in [9.17, 15) is 14.7 Å². The number of benzene rings is 2. The van der Waals surface area contributed by atoms with Crippen LogP contribution >= 0.6 is 0 Å². The minimum atomic E-state index is -0.652. The number of ketones is 1. The molecular weight excluding hydrogens is 440 g/mol. The average Bonchev–Trinajstić information content (AvgIpc) is 3.09. The first-order chi connectivity index (χ1) is 16.6. The molecule has 2 aromatic rings. The largest absolute Gasteiger partial charge is 0.507 e. The Bertz CT molecular complexity index is 1060. The molecule has 1 aliphatic rings. The molecule has 1 N–H and O–H groups in total. The molecule has 1 aliphatic heterocycles. The highest BCUT2D eigenvalue weighted by molar-refractivity contribution is 6.46. The summed E-state index contributed by atoms with van der Waals surface area (Å²) in [6.45, 7) is 15.8. The normalized spacial score (nSPS) is 17.9. The van der Waals surface area contributed by atoms with Crippen molar-refractivity contribution in [1.29, 1.82) is 0 Å². The number of hydrogen-bond donors (Lipinski definition) is 1. The van der Waals surface area contributed by atoms with Crippen molar-refractivity contribution in [2.24, 2.45) is 0 Å². The summed E-state index contributed by atoms with van der Waals surface area (Å²) in [5, 5.41) is 11.3. The van der Waals surface area contributed by atoms with Gasteiger partial charge in [0.15, 0.2) is 0 Å². The fraction of sp³-hybridized carbons (Fsp3) is 0.448. The Labute approximate surface area is 209 Å². The fourth-order valence-electron chi connectivity index (χ4n) is 4.44. The summed E-state index contributed by atoms with van der Waals surface area (Å²) in [4.78, 5) is 30.2. The number of rotatable bonds is 9. The molecular formula is C29H38N2O4. The number of amides is 1. The molecule has 0 spiro atoms. The van der Waals surface area contributed by atoms with Gasteiger partial charge in [-0.3, -0.25) is 9.59 Å². The molecule has 1 unspecified atom stereocenters. The second kappa shape index (κ2) is 11.1. The predicted molar refractivity (Wildman–Crippen MR) is 140 cm³/mol. The van der Waals surface area contributed by atoms with E-state index in [0.29, 0.717) is 31.0 Å². The highest BCUT2D eigenvalue weighted by atomic mass is 16.5. The van der Waals surface area contributed by atoms with Gasteiger partial charge in [-0.05, 0) is 60.8 Å². The lowest BCUT2D eigenvalue weighted by Crippen LogP contribution is -2.38. The summed E-state index contributed by atoms with van der Waals surface area (Å²) in [5.41, 5.74) is 2.55. The molecule has 0 aliphatic carbocycles. The fourth-order valence-corrected chi connectivity index (χ4v) is 4.44. The van der Waals surface area contributed by atoms with E-state index >= 15 is 0 Å². The van der Waals surface area contributed by atoms with Crippen LogP contribution in [-0.4, -0.2) is 59.4 Å². The summed E-state index contributed by atoms with van der Waals surface area (Å²) >= 11 is 0. The van der Waals surface area contributed by atoms with E-state index < -0.39 is 17.7 Å². The van der Waals surface area contributed by atoms with Crippen LogP contribution in [0.5, 0.6) is 5.75 Å². The van der Waals surface area contributed by atoms with E-state index in [4.69, 9.17) is 4.74 Å². The SMILES string of the molecule is CCOc1ccc(/C(O)=C2/C(=O)C(=O)N(CCN(CC)CC)C2c2ccc(C(C)(C)C)cc2)cc1. The van der Waals surface area contributed by atoms with Crippen molar-refractivity contribution >= 4 is 17.4 Å². The van der Waals surface area contributed by atoms with E-state index in [1.54, 1.807) is 29.2 Å². The molecule has 1 atom stereocenters. The van der Waals surface area contributed by atoms with Gasteiger partial charge in [-0.15, -0.1) is 0 Å². The van der Waals surface area contributed by atoms with E-state index in [1.807, 2.05) is 31.2 Å². The quantitative estimate of drug-likeness (QED) is 0.307. The maximum Gasteiger partial charge on any atom is 0.295 e. The second-order valence-electron chi connectivity index (χ2n) is 9.85. The van der Waals surface area contributed by atoms with Gasteiger partial charge in [0.25, 0.3) is 11.7 Å². The molecule has 0 radical (unpaired) electrons. The Kier molecular flexibility index (Phi) is 8.39. The Hall–Kier alpha value is -3.12. The van der Waals surface area contributed by atoms with Gasteiger partial charge in [0, 0.05) is 18.7 Å². The van der Waals surface area contributed by atoms with E-state index in [1.165, 1.54) is 0 Å². The molecule has 6 heteroatoms. The third-order valence-electron chi connectivity index (χ3n) is 6.62. The zero-order valence-electron chi connectivity index (χ0n) is 21.8. The molecule has 35 heavy (non-hydrogen) atoms. The van der Waals surface area contributed by atoms with Gasteiger partial charge in [0.1, 0.15) is 11.5 Å². The Morgan fingerprint density at radius 1 is 0.971 bits per heavy atom. The molecule has 1 heterocycles. The zero-order chi connectivity index (χ0) is 25.8. The van der Waals surface area contributed by atoms with E-state index in [2.05, 4.69) is 39.5 Å². The lowest BCUT2D eigenvalue weighted by atomic mass is 9.85. The first-order valence-corrected chi connectivity index (χ1v) is 12.5. The summed E-state index contributed by atoms with van der Waals surface area (Å²) in [7, 11) is 0. The standard InChI is InChI=1S/C29H38N2O4/c1-7-30(8-2)18-19-31-25(20-10-14-22(15-11-20)29(4,5)6)24(27(33)28(31)34)26(32)21-12-16-23(17-13-21)35-9-3/h10-17,25,32H,7-9,18-19H2,1-6H3/b26-24-. The first kappa shape index (κ1) is 26.5. The molecule has 1 saturated heterocycles. The molecule has 3 rings (SSSR count). The summed E-state index contributed by atoms with van der Waals surface area (Å²) in [6, 6.07) is 14.3. The number of hydrogen-bond acceptors (Lipinski definition) is 5. The van der Waals surface area contributed by atoms with Crippen LogP contribution < -0.4 is 4.74 Å². The number of Topliss-reactive ketones (excluding diaryl/α,β-unsaturated/α-hetero) is 1. The monoisotopic (exact) mass is 478 g/mol. The lowest BCUT2D eigenvalue weighted by Gasteiger charge is -2.28. The van der Waals surface area contributed by atoms with Crippen LogP contribution in [0.15, 0.2) is 54.1 Å². The van der Waals surface area contributed by atoms with Crippen molar-refractivity contribution < 1.29 is 19.4 Å². The minimum Gasteiger partial charge on any atom is -0.507 e. The van der Waals surface area contributed by atoms with Gasteiger partial charge in [-0.1, -0.05) is 58.9 Å². The molecule has 2 aromatic carbocycles. The van der Waals surface area contributed by atoms with Crippen molar-refractivity contribution in [3.63, 3.8) is 0 Å². The lowest BCUT2D eigenvalue weighted by molar-refractivity contribution is -0.140. The summed E-state index contributed by atoms with van der Waals surface area (Å²) < 4.78 is 5.49. The molecule has 6 nitrogen and oxygen atoms in total. The molecule has 0 aromatic heterocycles. The first-order valence-electron chi connectivity index (χ1n) is 12.5. The van der Waals surface area contributed by atoms with Gasteiger partial charge < -0.3 is 19.6 Å². The maximum atomic E-state index is 13.2. The van der Waals surface area contributed by atoms with Gasteiger partial charge in [-0.2, -0.15) is 0 Å². The van der Waals surface area contributed by atoms with Crippen molar-refractivity contribution in [2.75, 3.05) is 32.8 Å². The van der Waals surface area contributed by atoms with Crippen LogP contribution in [-0.2, 0) is 15.0 Å². The number of ether oxygens (including phenoxy) is 1. The van der Waals surface area contributed by atoms with Crippen LogP contribution in [0.1, 0.15) is 64.3 Å². The Balaban J connectivity index is 2.08. The van der Waals surface area contributed by atoms with Crippen LogP contribution in [0.4, 0.5) is 0 Å². The van der Waals surface area contributed by atoms with Crippen LogP contribution in [0.3, 0.4) is 0 Å². The van der Waals surface area contributed by atoms with Crippen molar-refractivity contribution in [3.8, 4) is 5.75 Å². The van der Waals surface area contributed by atoms with E-state index in [-0.39, 0.29) is 16.7 Å². The number of likely N-dealkylation sites (N-methyl/N-ethyl adjacent to an activating group) is 1. The number of aliphatic hydroxyl groups excluding tert-OH is 1. The smallest absolute Gasteiger partial charge is 0.295 e. The van der Waals surface area contributed by atoms with Gasteiger partial charge in [0.05, 0.1) is 18.2 Å². The van der Waals surface area contributed by atoms with Crippen molar-refractivity contribution in [1.82, 2.24) is 9.80 Å². The number of nitrogens with zero attached hydrogens (tertiary/aromatic N) is 2. The number of likely N-dealkylation sites (tertiary alicyclic amines) is 1. The number of aliphatic hydroxyl groups is 1. The maximum absolute atomic E-state index is 13.2. The number of carbonyl (C=O) groups excluding carboxylic acids is 2. The van der Waals surface area contributed by atoms with Gasteiger partial charge >= 0.3 is 0 Å². The van der Waals surface area contributed by atoms with Gasteiger partial charge in [-0.25, -0.2) is 0 Å². The van der Waals surface area contributed by atoms with Crippen LogP contribution in [0.2, 0.25) is 0 Å². The molecule has 0 saturated carbocycles. The second-order valence-corrected chi connectivity index (χ2v) is 9.85. The van der Waals surface area contributed by atoms with Gasteiger partial charge in [0.2, 0.25) is 0 Å². The predicted octanol–water partition coefficient (Wildman–Crippen LogP) is 5.15. The topological polar surface area (TPSA) is 70.1 Å². The van der Waals surface area contributed by atoms with Crippen LogP contribution in [0, 0.1) is 0 Å². The highest BCUT2D eigenvalue weighted by Crippen LogP contribution is 2.40. The van der Waals surface area contributed by atoms with Crippen LogP contribution in [0.25, 0.3) is 5.76 Å². The van der Waals surface area contributed by atoms with Crippen molar-refractivity contribution in [2.45, 2.75) is 53.0 Å². The molecule has 1 amide bonds. The zero-order valence-corrected chi connectivity index (χ0v) is 21.8. The third-order valence-corrected chi connectivity index (χ3v) is 6.62. The van der Waals surface area contributed by atoms with E-state index in [0.717, 1.165) is 24.2 Å². The average molecular weight is 479 g/mol. The molecule has 188 valence electrons. The Morgan fingerprint density at radius 2 is 1.57 bits per heavy atom. The number of carbonyl (C=O) groups is 2. The summed E-state index contributed by atoms with van der Waals surface area (Å²) in [5.74, 6) is -0.713.